The fourth-order valence-corrected chi connectivity index (χ4v) is 3.64. The lowest BCUT2D eigenvalue weighted by molar-refractivity contribution is 0.0939. The molecular formula is C18H21FN4O2. The molecule has 2 aliphatic heterocycles. The largest absolute Gasteiger partial charge is 0.377 e. The minimum absolute atomic E-state index is 0.206. The molecule has 2 fully saturated rings. The molecule has 3 atom stereocenters. The van der Waals surface area contributed by atoms with Crippen LogP contribution in [0.25, 0.3) is 0 Å². The highest BCUT2D eigenvalue weighted by Gasteiger charge is 2.44. The molecule has 0 N–H and O–H groups in total. The van der Waals surface area contributed by atoms with Crippen LogP contribution in [0.4, 0.5) is 10.3 Å². The maximum absolute atomic E-state index is 13.0. The Bertz CT molecular complexity index is 685. The fourth-order valence-electron chi connectivity index (χ4n) is 3.64. The Morgan fingerprint density at radius 3 is 2.92 bits per heavy atom. The van der Waals surface area contributed by atoms with E-state index in [0.29, 0.717) is 31.0 Å². The number of anilines is 1. The van der Waals surface area contributed by atoms with Gasteiger partial charge < -0.3 is 14.4 Å². The van der Waals surface area contributed by atoms with Crippen molar-refractivity contribution in [3.63, 3.8) is 0 Å². The van der Waals surface area contributed by atoms with Gasteiger partial charge in [-0.2, -0.15) is 0 Å². The number of hydrogen-bond donors (Lipinski definition) is 0. The van der Waals surface area contributed by atoms with Gasteiger partial charge in [0.25, 0.3) is 0 Å². The first-order valence-corrected chi connectivity index (χ1v) is 8.60. The van der Waals surface area contributed by atoms with E-state index in [2.05, 4.69) is 19.9 Å². The minimum atomic E-state index is -0.414. The summed E-state index contributed by atoms with van der Waals surface area (Å²) in [7, 11) is 0. The molecule has 2 aliphatic rings. The van der Waals surface area contributed by atoms with Crippen LogP contribution >= 0.6 is 0 Å². The van der Waals surface area contributed by atoms with Crippen LogP contribution in [0.15, 0.2) is 36.9 Å². The summed E-state index contributed by atoms with van der Waals surface area (Å²) in [6, 6.07) is 3.93. The molecule has 0 spiro atoms. The van der Waals surface area contributed by atoms with Crippen LogP contribution < -0.4 is 4.90 Å². The summed E-state index contributed by atoms with van der Waals surface area (Å²) in [5, 5.41) is 0. The van der Waals surface area contributed by atoms with E-state index >= 15 is 0 Å². The summed E-state index contributed by atoms with van der Waals surface area (Å²) in [6.07, 6.45) is 7.18. The van der Waals surface area contributed by atoms with Gasteiger partial charge in [0.05, 0.1) is 31.7 Å². The van der Waals surface area contributed by atoms with E-state index in [-0.39, 0.29) is 6.10 Å². The highest BCUT2D eigenvalue weighted by molar-refractivity contribution is 5.32. The Morgan fingerprint density at radius 2 is 2.12 bits per heavy atom. The quantitative estimate of drug-likeness (QED) is 0.748. The number of pyridine rings is 1. The topological polar surface area (TPSA) is 60.4 Å². The van der Waals surface area contributed by atoms with Gasteiger partial charge in [-0.25, -0.2) is 14.4 Å². The third kappa shape index (κ3) is 3.77. The van der Waals surface area contributed by atoms with E-state index < -0.39 is 5.82 Å². The van der Waals surface area contributed by atoms with Crippen molar-refractivity contribution in [2.75, 3.05) is 31.2 Å². The van der Waals surface area contributed by atoms with Gasteiger partial charge in [-0.1, -0.05) is 6.07 Å². The van der Waals surface area contributed by atoms with Gasteiger partial charge in [0.15, 0.2) is 5.82 Å². The first kappa shape index (κ1) is 16.4. The first-order chi connectivity index (χ1) is 12.3. The molecule has 4 heterocycles. The maximum atomic E-state index is 13.0. The number of halogens is 1. The van der Waals surface area contributed by atoms with Crippen molar-refractivity contribution >= 4 is 5.95 Å². The molecule has 132 valence electrons. The molecule has 0 unspecified atom stereocenters. The second kappa shape index (κ2) is 7.41. The lowest BCUT2D eigenvalue weighted by Crippen LogP contribution is -2.26. The minimum Gasteiger partial charge on any atom is -0.377 e. The molecule has 0 aliphatic carbocycles. The number of nitrogens with zero attached hydrogens (tertiary/aromatic N) is 4. The van der Waals surface area contributed by atoms with Crippen LogP contribution in [-0.2, 0) is 16.1 Å². The number of rotatable bonds is 6. The number of hydrogen-bond acceptors (Lipinski definition) is 6. The van der Waals surface area contributed by atoms with E-state index in [0.717, 1.165) is 31.7 Å². The molecule has 25 heavy (non-hydrogen) atoms. The van der Waals surface area contributed by atoms with E-state index in [9.17, 15) is 4.39 Å². The number of fused-ring (bicyclic) bond motifs is 1. The van der Waals surface area contributed by atoms with Gasteiger partial charge in [-0.05, 0) is 24.0 Å². The lowest BCUT2D eigenvalue weighted by atomic mass is 9.91. The van der Waals surface area contributed by atoms with Crippen LogP contribution in [-0.4, -0.2) is 47.4 Å². The maximum Gasteiger partial charge on any atom is 0.225 e. The van der Waals surface area contributed by atoms with E-state index in [4.69, 9.17) is 9.47 Å². The summed E-state index contributed by atoms with van der Waals surface area (Å²) in [6.45, 7) is 3.70. The zero-order chi connectivity index (χ0) is 17.1. The van der Waals surface area contributed by atoms with Gasteiger partial charge in [-0.15, -0.1) is 0 Å². The van der Waals surface area contributed by atoms with Crippen LogP contribution in [0.5, 0.6) is 0 Å². The molecule has 2 aromatic rings. The van der Waals surface area contributed by atoms with Gasteiger partial charge in [-0.3, -0.25) is 4.98 Å². The Morgan fingerprint density at radius 1 is 1.24 bits per heavy atom. The van der Waals surface area contributed by atoms with Gasteiger partial charge in [0, 0.05) is 38.0 Å². The Hall–Kier alpha value is -2.12. The number of ether oxygens (including phenoxy) is 2. The summed E-state index contributed by atoms with van der Waals surface area (Å²) in [5.41, 5.74) is 1.09. The van der Waals surface area contributed by atoms with Crippen LogP contribution in [0.3, 0.4) is 0 Å². The SMILES string of the molecule is Fc1cnc(N2C[C@H]3[C@@H](CCOCc4cccnc4)CO[C@H]3C2)nc1. The molecule has 0 bridgehead atoms. The summed E-state index contributed by atoms with van der Waals surface area (Å²) < 4.78 is 24.7. The van der Waals surface area contributed by atoms with Crippen molar-refractivity contribution < 1.29 is 13.9 Å². The van der Waals surface area contributed by atoms with Gasteiger partial charge in [0.1, 0.15) is 0 Å². The van der Waals surface area contributed by atoms with Crippen molar-refractivity contribution in [3.8, 4) is 0 Å². The standard InChI is InChI=1S/C18H21FN4O2/c19-15-7-21-18(22-8-15)23-9-16-14(12-25-17(16)10-23)3-5-24-11-13-2-1-4-20-6-13/h1-2,4,6-8,14,16-17H,3,5,9-12H2/t14-,16-,17-/m0/s1. The zero-order valence-corrected chi connectivity index (χ0v) is 13.9. The van der Waals surface area contributed by atoms with Crippen LogP contribution in [0.1, 0.15) is 12.0 Å². The van der Waals surface area contributed by atoms with Crippen molar-refractivity contribution in [2.24, 2.45) is 11.8 Å². The summed E-state index contributed by atoms with van der Waals surface area (Å²) in [4.78, 5) is 14.3. The molecule has 2 aromatic heterocycles. The van der Waals surface area contributed by atoms with Crippen molar-refractivity contribution in [1.29, 1.82) is 0 Å². The van der Waals surface area contributed by atoms with Crippen LogP contribution in [0, 0.1) is 17.7 Å². The first-order valence-electron chi connectivity index (χ1n) is 8.60. The highest BCUT2D eigenvalue weighted by atomic mass is 19.1. The van der Waals surface area contributed by atoms with Crippen molar-refractivity contribution in [3.05, 3.63) is 48.3 Å². The zero-order valence-electron chi connectivity index (χ0n) is 13.9. The average molecular weight is 344 g/mol. The third-order valence-electron chi connectivity index (χ3n) is 4.95. The molecule has 0 saturated carbocycles. The molecule has 0 aromatic carbocycles. The summed E-state index contributed by atoms with van der Waals surface area (Å²) >= 11 is 0. The second-order valence-electron chi connectivity index (χ2n) is 6.60. The lowest BCUT2D eigenvalue weighted by Gasteiger charge is -2.19. The second-order valence-corrected chi connectivity index (χ2v) is 6.60. The van der Waals surface area contributed by atoms with Crippen molar-refractivity contribution in [2.45, 2.75) is 19.1 Å². The monoisotopic (exact) mass is 344 g/mol. The molecule has 2 saturated heterocycles. The Kier molecular flexibility index (Phi) is 4.85. The molecule has 7 heteroatoms. The number of aromatic nitrogens is 3. The van der Waals surface area contributed by atoms with E-state index in [1.54, 1.807) is 6.20 Å². The van der Waals surface area contributed by atoms with Crippen LogP contribution in [0.2, 0.25) is 0 Å². The Labute approximate surface area is 146 Å². The van der Waals surface area contributed by atoms with Crippen molar-refractivity contribution in [1.82, 2.24) is 15.0 Å². The molecule has 0 radical (unpaired) electrons. The summed E-state index contributed by atoms with van der Waals surface area (Å²) in [5.74, 6) is 1.09. The molecular weight excluding hydrogens is 323 g/mol. The highest BCUT2D eigenvalue weighted by Crippen LogP contribution is 2.36. The fraction of sp³-hybridized carbons (Fsp3) is 0.500. The molecule has 0 amide bonds. The third-order valence-corrected chi connectivity index (χ3v) is 4.95. The molecule has 4 rings (SSSR count). The van der Waals surface area contributed by atoms with Gasteiger partial charge in [0.2, 0.25) is 5.95 Å². The normalized spacial score (nSPS) is 25.3. The predicted octanol–water partition coefficient (Wildman–Crippen LogP) is 2.07. The van der Waals surface area contributed by atoms with E-state index in [1.165, 1.54) is 12.4 Å². The smallest absolute Gasteiger partial charge is 0.225 e. The Balaban J connectivity index is 1.26. The van der Waals surface area contributed by atoms with E-state index in [1.807, 2.05) is 18.3 Å². The average Bonchev–Trinajstić information content (AvgIpc) is 3.22. The van der Waals surface area contributed by atoms with Gasteiger partial charge >= 0.3 is 0 Å². The predicted molar refractivity (Wildman–Crippen MR) is 89.4 cm³/mol. The molecule has 6 nitrogen and oxygen atoms in total.